The summed E-state index contributed by atoms with van der Waals surface area (Å²) in [6.07, 6.45) is 2.26. The highest BCUT2D eigenvalue weighted by Gasteiger charge is 2.63. The average Bonchev–Trinajstić information content (AvgIpc) is 3.30. The van der Waals surface area contributed by atoms with E-state index in [4.69, 9.17) is 10.5 Å². The van der Waals surface area contributed by atoms with Crippen molar-refractivity contribution in [2.45, 2.75) is 57.4 Å². The molecule has 8 heteroatoms. The molecule has 0 saturated carbocycles. The number of imide groups is 1. The third kappa shape index (κ3) is 2.59. The molecule has 4 rings (SSSR count). The van der Waals surface area contributed by atoms with E-state index in [1.54, 1.807) is 11.8 Å². The van der Waals surface area contributed by atoms with Crippen LogP contribution in [0.2, 0.25) is 0 Å². The lowest BCUT2D eigenvalue weighted by molar-refractivity contribution is -0.153. The highest BCUT2D eigenvalue weighted by atomic mass is 35.5. The highest BCUT2D eigenvalue weighted by molar-refractivity contribution is 6.09. The molecule has 7 unspecified atom stereocenters. The van der Waals surface area contributed by atoms with Crippen molar-refractivity contribution < 1.29 is 19.1 Å². The minimum atomic E-state index is -0.742. The summed E-state index contributed by atoms with van der Waals surface area (Å²) in [6.45, 7) is 4.83. The first kappa shape index (κ1) is 18.6. The van der Waals surface area contributed by atoms with Gasteiger partial charge in [-0.1, -0.05) is 0 Å². The number of amides is 3. The standard InChI is InChI=1S/C17H25N3O4.ClH/c1-8-5-10(6-18)7-19(8)15(21)9(2)20-16(22)13-11-3-4-12(24-11)14(13)17(20)23;/h8-14H,3-7,18H2,1-2H3;1H. The fourth-order valence-electron chi connectivity index (χ4n) is 5.09. The topological polar surface area (TPSA) is 92.9 Å². The van der Waals surface area contributed by atoms with E-state index in [1.807, 2.05) is 6.92 Å². The fraction of sp³-hybridized carbons (Fsp3) is 0.824. The molecular formula is C17H26ClN3O4. The Morgan fingerprint density at radius 1 is 1.24 bits per heavy atom. The molecule has 0 spiro atoms. The normalized spacial score (nSPS) is 40.4. The molecular weight excluding hydrogens is 346 g/mol. The van der Waals surface area contributed by atoms with Gasteiger partial charge < -0.3 is 15.4 Å². The lowest BCUT2D eigenvalue weighted by Crippen LogP contribution is -2.51. The maximum absolute atomic E-state index is 12.9. The average molecular weight is 372 g/mol. The van der Waals surface area contributed by atoms with Gasteiger partial charge in [0.05, 0.1) is 24.0 Å². The van der Waals surface area contributed by atoms with E-state index in [1.165, 1.54) is 4.90 Å². The van der Waals surface area contributed by atoms with E-state index in [0.717, 1.165) is 19.3 Å². The van der Waals surface area contributed by atoms with Gasteiger partial charge in [-0.05, 0) is 45.6 Å². The molecule has 4 aliphatic rings. The third-order valence-corrected chi connectivity index (χ3v) is 6.34. The number of hydrogen-bond donors (Lipinski definition) is 1. The summed E-state index contributed by atoms with van der Waals surface area (Å²) >= 11 is 0. The van der Waals surface area contributed by atoms with E-state index in [-0.39, 0.29) is 60.2 Å². The van der Waals surface area contributed by atoms with E-state index in [9.17, 15) is 14.4 Å². The van der Waals surface area contributed by atoms with Crippen molar-refractivity contribution in [2.24, 2.45) is 23.5 Å². The van der Waals surface area contributed by atoms with Crippen LogP contribution in [0, 0.1) is 17.8 Å². The maximum Gasteiger partial charge on any atom is 0.245 e. The molecule has 2 N–H and O–H groups in total. The Morgan fingerprint density at radius 2 is 1.80 bits per heavy atom. The summed E-state index contributed by atoms with van der Waals surface area (Å²) < 4.78 is 5.74. The van der Waals surface area contributed by atoms with Gasteiger partial charge in [-0.25, -0.2) is 0 Å². The van der Waals surface area contributed by atoms with Crippen molar-refractivity contribution in [3.8, 4) is 0 Å². The third-order valence-electron chi connectivity index (χ3n) is 6.34. The van der Waals surface area contributed by atoms with Crippen LogP contribution in [0.1, 0.15) is 33.1 Å². The first-order valence-corrected chi connectivity index (χ1v) is 8.97. The summed E-state index contributed by atoms with van der Waals surface area (Å²) in [5.41, 5.74) is 5.73. The number of rotatable bonds is 3. The molecule has 3 amide bonds. The molecule has 4 saturated heterocycles. The lowest BCUT2D eigenvalue weighted by atomic mass is 9.81. The number of nitrogens with zero attached hydrogens (tertiary/aromatic N) is 2. The molecule has 7 nitrogen and oxygen atoms in total. The zero-order valence-corrected chi connectivity index (χ0v) is 15.4. The second-order valence-corrected chi connectivity index (χ2v) is 7.74. The molecule has 4 heterocycles. The summed E-state index contributed by atoms with van der Waals surface area (Å²) in [5.74, 6) is -1.04. The summed E-state index contributed by atoms with van der Waals surface area (Å²) in [4.78, 5) is 41.5. The molecule has 0 aliphatic carbocycles. The van der Waals surface area contributed by atoms with E-state index >= 15 is 0 Å². The van der Waals surface area contributed by atoms with Crippen LogP contribution in [-0.2, 0) is 19.1 Å². The smallest absolute Gasteiger partial charge is 0.245 e. The van der Waals surface area contributed by atoms with Crippen molar-refractivity contribution in [2.75, 3.05) is 13.1 Å². The molecule has 0 aromatic carbocycles. The SMILES string of the molecule is CC1CC(CN)CN1C(=O)C(C)N1C(=O)C2C3CCC(O3)C2C1=O.Cl. The molecule has 0 radical (unpaired) electrons. The Kier molecular flexibility index (Phi) is 4.85. The highest BCUT2D eigenvalue weighted by Crippen LogP contribution is 2.49. The van der Waals surface area contributed by atoms with Crippen LogP contribution in [0.25, 0.3) is 0 Å². The van der Waals surface area contributed by atoms with Gasteiger partial charge in [0.2, 0.25) is 17.7 Å². The van der Waals surface area contributed by atoms with Crippen molar-refractivity contribution in [1.82, 2.24) is 9.80 Å². The van der Waals surface area contributed by atoms with Crippen molar-refractivity contribution >= 4 is 30.1 Å². The zero-order chi connectivity index (χ0) is 17.2. The van der Waals surface area contributed by atoms with E-state index < -0.39 is 6.04 Å². The second-order valence-electron chi connectivity index (χ2n) is 7.74. The van der Waals surface area contributed by atoms with Gasteiger partial charge in [-0.2, -0.15) is 0 Å². The van der Waals surface area contributed by atoms with Gasteiger partial charge in [-0.15, -0.1) is 12.4 Å². The second kappa shape index (κ2) is 6.52. The van der Waals surface area contributed by atoms with Crippen LogP contribution in [0.5, 0.6) is 0 Å². The summed E-state index contributed by atoms with van der Waals surface area (Å²) in [5, 5.41) is 0. The maximum atomic E-state index is 12.9. The van der Waals surface area contributed by atoms with Gasteiger partial charge in [0, 0.05) is 12.6 Å². The Bertz CT molecular complexity index is 572. The summed E-state index contributed by atoms with van der Waals surface area (Å²) in [7, 11) is 0. The molecule has 25 heavy (non-hydrogen) atoms. The van der Waals surface area contributed by atoms with E-state index in [0.29, 0.717) is 19.0 Å². The number of carbonyl (C=O) groups is 3. The predicted octanol–water partition coefficient (Wildman–Crippen LogP) is 0.155. The number of ether oxygens (including phenoxy) is 1. The zero-order valence-electron chi connectivity index (χ0n) is 14.6. The fourth-order valence-corrected chi connectivity index (χ4v) is 5.09. The quantitative estimate of drug-likeness (QED) is 0.713. The molecule has 0 aromatic rings. The number of hydrogen-bond acceptors (Lipinski definition) is 5. The van der Waals surface area contributed by atoms with Crippen LogP contribution < -0.4 is 5.73 Å². The van der Waals surface area contributed by atoms with E-state index in [2.05, 4.69) is 0 Å². The Balaban J connectivity index is 0.00000182. The van der Waals surface area contributed by atoms with Crippen LogP contribution in [0.3, 0.4) is 0 Å². The van der Waals surface area contributed by atoms with Crippen molar-refractivity contribution in [3.63, 3.8) is 0 Å². The van der Waals surface area contributed by atoms with Crippen LogP contribution in [-0.4, -0.2) is 64.9 Å². The lowest BCUT2D eigenvalue weighted by Gasteiger charge is -2.30. The largest absolute Gasteiger partial charge is 0.373 e. The van der Waals surface area contributed by atoms with Crippen LogP contribution >= 0.6 is 12.4 Å². The van der Waals surface area contributed by atoms with Gasteiger partial charge in [0.1, 0.15) is 6.04 Å². The number of halogens is 1. The molecule has 4 fully saturated rings. The van der Waals surface area contributed by atoms with Crippen LogP contribution in [0.15, 0.2) is 0 Å². The van der Waals surface area contributed by atoms with Crippen molar-refractivity contribution in [3.05, 3.63) is 0 Å². The minimum Gasteiger partial charge on any atom is -0.373 e. The number of carbonyl (C=O) groups excluding carboxylic acids is 3. The molecule has 2 bridgehead atoms. The Labute approximate surface area is 153 Å². The monoisotopic (exact) mass is 371 g/mol. The predicted molar refractivity (Wildman–Crippen MR) is 91.8 cm³/mol. The Hall–Kier alpha value is -1.18. The molecule has 4 aliphatic heterocycles. The minimum absolute atomic E-state index is 0. The first-order chi connectivity index (χ1) is 11.4. The summed E-state index contributed by atoms with van der Waals surface area (Å²) in [6, 6.07) is -0.644. The number of fused-ring (bicyclic) bond motifs is 5. The van der Waals surface area contributed by atoms with Gasteiger partial charge in [0.15, 0.2) is 0 Å². The first-order valence-electron chi connectivity index (χ1n) is 8.97. The van der Waals surface area contributed by atoms with Gasteiger partial charge >= 0.3 is 0 Å². The van der Waals surface area contributed by atoms with Gasteiger partial charge in [-0.3, -0.25) is 19.3 Å². The van der Waals surface area contributed by atoms with Crippen LogP contribution in [0.4, 0.5) is 0 Å². The number of likely N-dealkylation sites (tertiary alicyclic amines) is 2. The number of nitrogens with two attached hydrogens (primary N) is 1. The Morgan fingerprint density at radius 3 is 2.28 bits per heavy atom. The molecule has 7 atom stereocenters. The molecule has 140 valence electrons. The van der Waals surface area contributed by atoms with Gasteiger partial charge in [0.25, 0.3) is 0 Å². The molecule has 0 aromatic heterocycles. The van der Waals surface area contributed by atoms with Crippen molar-refractivity contribution in [1.29, 1.82) is 0 Å².